The van der Waals surface area contributed by atoms with Crippen molar-refractivity contribution in [2.75, 3.05) is 18.2 Å². The Labute approximate surface area is 122 Å². The summed E-state index contributed by atoms with van der Waals surface area (Å²) in [5.74, 6) is -3.54. The number of thiophene rings is 1. The van der Waals surface area contributed by atoms with Gasteiger partial charge >= 0.3 is 17.8 Å². The molecule has 2 N–H and O–H groups in total. The highest BCUT2D eigenvalue weighted by atomic mass is 32.2. The summed E-state index contributed by atoms with van der Waals surface area (Å²) in [6.45, 7) is 1.55. The molecule has 9 heteroatoms. The molecule has 0 saturated carbocycles. The van der Waals surface area contributed by atoms with E-state index in [0.29, 0.717) is 4.21 Å². The van der Waals surface area contributed by atoms with Gasteiger partial charge in [-0.1, -0.05) is 0 Å². The van der Waals surface area contributed by atoms with Gasteiger partial charge < -0.3 is 15.2 Å². The van der Waals surface area contributed by atoms with Crippen LogP contribution in [0.15, 0.2) is 4.21 Å². The maximum absolute atomic E-state index is 11.6. The number of carbonyl (C=O) groups excluding carboxylic acids is 2. The van der Waals surface area contributed by atoms with E-state index < -0.39 is 17.8 Å². The van der Waals surface area contributed by atoms with Crippen LogP contribution in [0.1, 0.15) is 22.2 Å². The van der Waals surface area contributed by atoms with Gasteiger partial charge in [0, 0.05) is 0 Å². The number of rotatable bonds is 4. The Balaban J connectivity index is 3.19. The van der Waals surface area contributed by atoms with E-state index in [9.17, 15) is 14.4 Å². The third-order valence-electron chi connectivity index (χ3n) is 2.07. The molecule has 1 amide bonds. The van der Waals surface area contributed by atoms with Crippen LogP contribution in [0.4, 0.5) is 5.69 Å². The Morgan fingerprint density at radius 1 is 1.50 bits per heavy atom. The summed E-state index contributed by atoms with van der Waals surface area (Å²) in [6.07, 6.45) is 1.68. The molecule has 0 saturated heterocycles. The number of carbonyl (C=O) groups is 3. The SMILES string of the molecule is CCOC(=O)C(=O)Nc1c(C(=O)O)sc(SC)c1C#N. The maximum atomic E-state index is 11.6. The third kappa shape index (κ3) is 3.28. The number of hydrogen-bond acceptors (Lipinski definition) is 7. The second kappa shape index (κ2) is 6.93. The van der Waals surface area contributed by atoms with Crippen LogP contribution in [-0.2, 0) is 14.3 Å². The number of nitrogens with zero attached hydrogens (tertiary/aromatic N) is 1. The van der Waals surface area contributed by atoms with Gasteiger partial charge in [-0.2, -0.15) is 5.26 Å². The fraction of sp³-hybridized carbons (Fsp3) is 0.273. The van der Waals surface area contributed by atoms with Crippen molar-refractivity contribution < 1.29 is 24.2 Å². The number of esters is 1. The first-order valence-corrected chi connectivity index (χ1v) is 7.32. The lowest BCUT2D eigenvalue weighted by Gasteiger charge is -2.04. The van der Waals surface area contributed by atoms with Crippen molar-refractivity contribution in [3.63, 3.8) is 0 Å². The largest absolute Gasteiger partial charge is 0.477 e. The van der Waals surface area contributed by atoms with Crippen molar-refractivity contribution in [3.8, 4) is 6.07 Å². The van der Waals surface area contributed by atoms with E-state index in [0.717, 1.165) is 11.3 Å². The van der Waals surface area contributed by atoms with Crippen LogP contribution in [0.5, 0.6) is 0 Å². The minimum absolute atomic E-state index is 0.0167. The molecule has 0 spiro atoms. The Hall–Kier alpha value is -2.05. The standard InChI is InChI=1S/C11H10N2O5S2/c1-3-18-10(17)8(14)13-6-5(4-12)11(19-2)20-7(6)9(15)16/h3H2,1-2H3,(H,13,14)(H,15,16). The summed E-state index contributed by atoms with van der Waals surface area (Å²) in [7, 11) is 0. The number of thioether (sulfide) groups is 1. The Bertz CT molecular complexity index is 603. The number of carboxylic acid groups (broad SMARTS) is 1. The van der Waals surface area contributed by atoms with Gasteiger partial charge in [0.2, 0.25) is 0 Å². The van der Waals surface area contributed by atoms with E-state index in [1.54, 1.807) is 6.26 Å². The Morgan fingerprint density at radius 3 is 2.60 bits per heavy atom. The molecule has 20 heavy (non-hydrogen) atoms. The van der Waals surface area contributed by atoms with Crippen molar-refractivity contribution in [2.24, 2.45) is 0 Å². The number of amides is 1. The predicted octanol–water partition coefficient (Wildman–Crippen LogP) is 1.54. The quantitative estimate of drug-likeness (QED) is 0.492. The summed E-state index contributed by atoms with van der Waals surface area (Å²) in [5.41, 5.74) is -0.148. The molecule has 1 aromatic heterocycles. The molecule has 1 rings (SSSR count). The smallest absolute Gasteiger partial charge is 0.397 e. The zero-order chi connectivity index (χ0) is 15.3. The molecule has 0 fully saturated rings. The first-order chi connectivity index (χ1) is 9.46. The van der Waals surface area contributed by atoms with Crippen LogP contribution >= 0.6 is 23.1 Å². The molecular formula is C11H10N2O5S2. The van der Waals surface area contributed by atoms with Gasteiger partial charge in [-0.05, 0) is 13.2 Å². The van der Waals surface area contributed by atoms with Gasteiger partial charge in [0.15, 0.2) is 0 Å². The van der Waals surface area contributed by atoms with Gasteiger partial charge in [-0.15, -0.1) is 23.1 Å². The first kappa shape index (κ1) is 16.0. The second-order valence-electron chi connectivity index (χ2n) is 3.26. The normalized spacial score (nSPS) is 9.65. The fourth-order valence-electron chi connectivity index (χ4n) is 1.29. The molecule has 0 aliphatic rings. The molecule has 0 aliphatic heterocycles. The van der Waals surface area contributed by atoms with Crippen LogP contribution in [-0.4, -0.2) is 35.8 Å². The van der Waals surface area contributed by atoms with Crippen LogP contribution in [0.25, 0.3) is 0 Å². The summed E-state index contributed by atoms with van der Waals surface area (Å²) < 4.78 is 4.95. The van der Waals surface area contributed by atoms with Crippen molar-refractivity contribution >= 4 is 46.6 Å². The van der Waals surface area contributed by atoms with E-state index in [-0.39, 0.29) is 22.7 Å². The van der Waals surface area contributed by atoms with Crippen LogP contribution < -0.4 is 5.32 Å². The van der Waals surface area contributed by atoms with Gasteiger partial charge in [0.05, 0.1) is 16.5 Å². The van der Waals surface area contributed by atoms with Crippen molar-refractivity contribution in [3.05, 3.63) is 10.4 Å². The molecule has 0 atom stereocenters. The maximum Gasteiger partial charge on any atom is 0.397 e. The Morgan fingerprint density at radius 2 is 2.15 bits per heavy atom. The van der Waals surface area contributed by atoms with E-state index in [2.05, 4.69) is 10.1 Å². The number of nitriles is 1. The van der Waals surface area contributed by atoms with Gasteiger partial charge in [0.25, 0.3) is 0 Å². The number of carboxylic acids is 1. The average Bonchev–Trinajstić information content (AvgIpc) is 2.76. The lowest BCUT2D eigenvalue weighted by Crippen LogP contribution is -2.25. The minimum Gasteiger partial charge on any atom is -0.477 e. The van der Waals surface area contributed by atoms with Crippen LogP contribution in [0.3, 0.4) is 0 Å². The lowest BCUT2D eigenvalue weighted by atomic mass is 10.2. The van der Waals surface area contributed by atoms with Crippen molar-refractivity contribution in [2.45, 2.75) is 11.1 Å². The van der Waals surface area contributed by atoms with Crippen molar-refractivity contribution in [1.82, 2.24) is 0 Å². The first-order valence-electron chi connectivity index (χ1n) is 5.28. The highest BCUT2D eigenvalue weighted by molar-refractivity contribution is 8.00. The number of nitrogens with one attached hydrogen (secondary N) is 1. The highest BCUT2D eigenvalue weighted by Crippen LogP contribution is 2.38. The number of ether oxygens (including phenoxy) is 1. The average molecular weight is 314 g/mol. The molecule has 7 nitrogen and oxygen atoms in total. The van der Waals surface area contributed by atoms with E-state index in [1.165, 1.54) is 18.7 Å². The second-order valence-corrected chi connectivity index (χ2v) is 5.36. The van der Waals surface area contributed by atoms with Crippen LogP contribution in [0, 0.1) is 11.3 Å². The summed E-state index contributed by atoms with van der Waals surface area (Å²) in [4.78, 5) is 33.7. The van der Waals surface area contributed by atoms with E-state index in [4.69, 9.17) is 10.4 Å². The van der Waals surface area contributed by atoms with Gasteiger partial charge in [-0.25, -0.2) is 9.59 Å². The monoisotopic (exact) mass is 314 g/mol. The molecule has 0 aliphatic carbocycles. The zero-order valence-corrected chi connectivity index (χ0v) is 12.2. The summed E-state index contributed by atoms with van der Waals surface area (Å²) in [6, 6.07) is 1.83. The minimum atomic E-state index is -1.29. The molecule has 1 heterocycles. The number of aromatic carboxylic acids is 1. The molecular weight excluding hydrogens is 304 g/mol. The molecule has 0 radical (unpaired) electrons. The predicted molar refractivity (Wildman–Crippen MR) is 73.0 cm³/mol. The lowest BCUT2D eigenvalue weighted by molar-refractivity contribution is -0.152. The third-order valence-corrected chi connectivity index (χ3v) is 4.36. The molecule has 0 unspecified atom stereocenters. The summed E-state index contributed by atoms with van der Waals surface area (Å²) >= 11 is 2.04. The van der Waals surface area contributed by atoms with E-state index in [1.807, 2.05) is 6.07 Å². The number of anilines is 1. The highest BCUT2D eigenvalue weighted by Gasteiger charge is 2.26. The van der Waals surface area contributed by atoms with Gasteiger partial charge in [-0.3, -0.25) is 4.79 Å². The van der Waals surface area contributed by atoms with Crippen LogP contribution in [0.2, 0.25) is 0 Å². The zero-order valence-electron chi connectivity index (χ0n) is 10.6. The van der Waals surface area contributed by atoms with Crippen molar-refractivity contribution in [1.29, 1.82) is 5.26 Å². The Kier molecular flexibility index (Phi) is 5.54. The molecule has 0 aromatic carbocycles. The summed E-state index contributed by atoms with van der Waals surface area (Å²) in [5, 5.41) is 20.3. The molecule has 0 bridgehead atoms. The molecule has 1 aromatic rings. The van der Waals surface area contributed by atoms with E-state index >= 15 is 0 Å². The number of hydrogen-bond donors (Lipinski definition) is 2. The fourth-order valence-corrected chi connectivity index (χ4v) is 3.00. The topological polar surface area (TPSA) is 116 Å². The van der Waals surface area contributed by atoms with Gasteiger partial charge in [0.1, 0.15) is 16.5 Å². The molecule has 106 valence electrons.